The minimum Gasteiger partial charge on any atom is -0.481 e. The Balaban J connectivity index is 1.69. The van der Waals surface area contributed by atoms with Gasteiger partial charge in [0.2, 0.25) is 0 Å². The van der Waals surface area contributed by atoms with Crippen LogP contribution in [0.4, 0.5) is 0 Å². The second-order valence-corrected chi connectivity index (χ2v) is 9.21. The molecule has 1 aliphatic heterocycles. The van der Waals surface area contributed by atoms with Gasteiger partial charge in [-0.25, -0.2) is 0 Å². The van der Waals surface area contributed by atoms with Crippen molar-refractivity contribution >= 4 is 11.9 Å². The standard InChI is InChI=1S/C19H28O4/c1-17-8-5-14-12-4-3-7-18(2,16(21)22)13(12)6-9-19(14,11-17)10-15(20)23-17/h12-14H,3-11H2,1-2H3,(H,21,22)/t12?,13-,14-,17-,18+,19-/m0/s1. The molecular weight excluding hydrogens is 292 g/mol. The minimum absolute atomic E-state index is 0.0290. The second-order valence-electron chi connectivity index (χ2n) is 9.21. The van der Waals surface area contributed by atoms with Crippen molar-refractivity contribution in [3.05, 3.63) is 0 Å². The average molecular weight is 320 g/mol. The lowest BCUT2D eigenvalue weighted by Gasteiger charge is -2.62. The number of aliphatic carboxylic acids is 1. The van der Waals surface area contributed by atoms with Gasteiger partial charge >= 0.3 is 11.9 Å². The number of carboxylic acid groups (broad SMARTS) is 1. The highest BCUT2D eigenvalue weighted by Crippen LogP contribution is 2.65. The number of rotatable bonds is 1. The van der Waals surface area contributed by atoms with Crippen LogP contribution < -0.4 is 0 Å². The fourth-order valence-corrected chi connectivity index (χ4v) is 6.93. The van der Waals surface area contributed by atoms with Crippen molar-refractivity contribution in [3.63, 3.8) is 0 Å². The molecule has 0 amide bonds. The van der Waals surface area contributed by atoms with Crippen molar-refractivity contribution in [2.45, 2.75) is 77.2 Å². The summed E-state index contributed by atoms with van der Waals surface area (Å²) in [5, 5.41) is 9.82. The summed E-state index contributed by atoms with van der Waals surface area (Å²) in [6, 6.07) is 0. The molecule has 6 atom stereocenters. The Morgan fingerprint density at radius 3 is 2.61 bits per heavy atom. The smallest absolute Gasteiger partial charge is 0.309 e. The summed E-state index contributed by atoms with van der Waals surface area (Å²) in [5.74, 6) is 0.632. The molecule has 1 N–H and O–H groups in total. The van der Waals surface area contributed by atoms with Gasteiger partial charge in [0.05, 0.1) is 11.8 Å². The molecule has 3 saturated carbocycles. The Bertz CT molecular complexity index is 558. The largest absolute Gasteiger partial charge is 0.481 e. The summed E-state index contributed by atoms with van der Waals surface area (Å²) in [7, 11) is 0. The third-order valence-corrected chi connectivity index (χ3v) is 7.88. The van der Waals surface area contributed by atoms with Gasteiger partial charge in [0.1, 0.15) is 5.60 Å². The fourth-order valence-electron chi connectivity index (χ4n) is 6.93. The van der Waals surface area contributed by atoms with Gasteiger partial charge in [-0.3, -0.25) is 9.59 Å². The van der Waals surface area contributed by atoms with Gasteiger partial charge in [0.25, 0.3) is 0 Å². The molecule has 4 aliphatic rings. The third-order valence-electron chi connectivity index (χ3n) is 7.88. The van der Waals surface area contributed by atoms with E-state index in [1.54, 1.807) is 0 Å². The molecule has 1 spiro atoms. The lowest BCUT2D eigenvalue weighted by molar-refractivity contribution is -0.213. The van der Waals surface area contributed by atoms with Crippen LogP contribution in [-0.2, 0) is 14.3 Å². The Labute approximate surface area is 138 Å². The number of carboxylic acids is 1. The van der Waals surface area contributed by atoms with Crippen molar-refractivity contribution in [1.29, 1.82) is 0 Å². The SMILES string of the molecule is C[C@@]12CC[C@H]3C4CCC[C@@](C)(C(=O)O)[C@H]4CC[C@]3(CC(=O)O1)C2. The maximum atomic E-state index is 12.2. The molecule has 3 aliphatic carbocycles. The van der Waals surface area contributed by atoms with E-state index in [1.807, 2.05) is 6.92 Å². The third kappa shape index (κ3) is 2.09. The molecule has 4 rings (SSSR count). The summed E-state index contributed by atoms with van der Waals surface area (Å²) in [4.78, 5) is 24.1. The Kier molecular flexibility index (Phi) is 3.18. The van der Waals surface area contributed by atoms with E-state index in [4.69, 9.17) is 4.74 Å². The number of hydrogen-bond donors (Lipinski definition) is 1. The minimum atomic E-state index is -0.619. The van der Waals surface area contributed by atoms with Crippen molar-refractivity contribution in [1.82, 2.24) is 0 Å². The molecule has 0 aromatic rings. The zero-order chi connectivity index (χ0) is 16.5. The molecule has 1 heterocycles. The first-order valence-electron chi connectivity index (χ1n) is 9.23. The van der Waals surface area contributed by atoms with E-state index < -0.39 is 11.4 Å². The molecule has 4 fully saturated rings. The molecule has 1 unspecified atom stereocenters. The summed E-state index contributed by atoms with van der Waals surface area (Å²) in [5.41, 5.74) is -0.760. The molecule has 0 radical (unpaired) electrons. The van der Waals surface area contributed by atoms with Gasteiger partial charge in [-0.2, -0.15) is 0 Å². The highest BCUT2D eigenvalue weighted by molar-refractivity contribution is 5.75. The van der Waals surface area contributed by atoms with Gasteiger partial charge in [0.15, 0.2) is 0 Å². The van der Waals surface area contributed by atoms with Crippen molar-refractivity contribution in [2.75, 3.05) is 0 Å². The number of fused-ring (bicyclic) bond motifs is 3. The van der Waals surface area contributed by atoms with E-state index in [1.165, 1.54) is 0 Å². The quantitative estimate of drug-likeness (QED) is 0.747. The van der Waals surface area contributed by atoms with E-state index >= 15 is 0 Å². The first-order chi connectivity index (χ1) is 10.8. The van der Waals surface area contributed by atoms with Gasteiger partial charge in [-0.1, -0.05) is 6.42 Å². The topological polar surface area (TPSA) is 63.6 Å². The molecule has 1 saturated heterocycles. The normalized spacial score (nSPS) is 52.1. The van der Waals surface area contributed by atoms with E-state index in [2.05, 4.69) is 6.92 Å². The highest BCUT2D eigenvalue weighted by atomic mass is 16.6. The molecule has 0 aromatic heterocycles. The van der Waals surface area contributed by atoms with Crippen molar-refractivity contribution in [2.24, 2.45) is 28.6 Å². The van der Waals surface area contributed by atoms with E-state index in [0.717, 1.165) is 51.4 Å². The van der Waals surface area contributed by atoms with Crippen LogP contribution in [-0.4, -0.2) is 22.6 Å². The van der Waals surface area contributed by atoms with E-state index in [9.17, 15) is 14.7 Å². The first kappa shape index (κ1) is 15.5. The maximum absolute atomic E-state index is 12.2. The van der Waals surface area contributed by atoms with E-state index in [-0.39, 0.29) is 22.9 Å². The van der Waals surface area contributed by atoms with Crippen LogP contribution in [0.1, 0.15) is 71.6 Å². The zero-order valence-corrected chi connectivity index (χ0v) is 14.3. The summed E-state index contributed by atoms with van der Waals surface area (Å²) >= 11 is 0. The Morgan fingerprint density at radius 1 is 1.13 bits per heavy atom. The molecule has 4 heteroatoms. The van der Waals surface area contributed by atoms with Crippen LogP contribution in [0, 0.1) is 28.6 Å². The number of hydrogen-bond acceptors (Lipinski definition) is 3. The van der Waals surface area contributed by atoms with Crippen LogP contribution in [0.3, 0.4) is 0 Å². The van der Waals surface area contributed by atoms with Gasteiger partial charge in [-0.05, 0) is 82.0 Å². The van der Waals surface area contributed by atoms with Crippen LogP contribution in [0.15, 0.2) is 0 Å². The van der Waals surface area contributed by atoms with Crippen LogP contribution >= 0.6 is 0 Å². The molecule has 2 bridgehead atoms. The summed E-state index contributed by atoms with van der Waals surface area (Å²) in [6.45, 7) is 4.06. The molecule has 23 heavy (non-hydrogen) atoms. The molecular formula is C19H28O4. The average Bonchev–Trinajstić information content (AvgIpc) is 2.44. The summed E-state index contributed by atoms with van der Waals surface area (Å²) < 4.78 is 5.67. The van der Waals surface area contributed by atoms with Gasteiger partial charge < -0.3 is 9.84 Å². The van der Waals surface area contributed by atoms with E-state index in [0.29, 0.717) is 18.3 Å². The predicted molar refractivity (Wildman–Crippen MR) is 84.7 cm³/mol. The predicted octanol–water partition coefficient (Wildman–Crippen LogP) is 3.78. The second kappa shape index (κ2) is 4.73. The number of carbonyl (C=O) groups is 2. The number of carbonyl (C=O) groups excluding carboxylic acids is 1. The first-order valence-corrected chi connectivity index (χ1v) is 9.23. The lowest BCUT2D eigenvalue weighted by atomic mass is 9.44. The lowest BCUT2D eigenvalue weighted by Crippen LogP contribution is -2.59. The van der Waals surface area contributed by atoms with Crippen molar-refractivity contribution in [3.8, 4) is 0 Å². The molecule has 4 nitrogen and oxygen atoms in total. The number of ether oxygens (including phenoxy) is 1. The van der Waals surface area contributed by atoms with Crippen LogP contribution in [0.25, 0.3) is 0 Å². The van der Waals surface area contributed by atoms with Gasteiger partial charge in [-0.15, -0.1) is 0 Å². The van der Waals surface area contributed by atoms with Crippen molar-refractivity contribution < 1.29 is 19.4 Å². The maximum Gasteiger partial charge on any atom is 0.309 e. The molecule has 128 valence electrons. The zero-order valence-electron chi connectivity index (χ0n) is 14.3. The number of esters is 1. The summed E-state index contributed by atoms with van der Waals surface area (Å²) in [6.07, 6.45) is 8.52. The Hall–Kier alpha value is -1.06. The fraction of sp³-hybridized carbons (Fsp3) is 0.895. The van der Waals surface area contributed by atoms with Crippen LogP contribution in [0.2, 0.25) is 0 Å². The van der Waals surface area contributed by atoms with Gasteiger partial charge in [0, 0.05) is 0 Å². The highest BCUT2D eigenvalue weighted by Gasteiger charge is 2.62. The Morgan fingerprint density at radius 2 is 1.87 bits per heavy atom. The monoisotopic (exact) mass is 320 g/mol. The van der Waals surface area contributed by atoms with Crippen LogP contribution in [0.5, 0.6) is 0 Å². The molecule has 0 aromatic carbocycles.